The van der Waals surface area contributed by atoms with Crippen molar-refractivity contribution >= 4 is 11.8 Å². The number of aliphatic hydroxyl groups is 1. The van der Waals surface area contributed by atoms with E-state index in [1.165, 1.54) is 12.1 Å². The number of hydrogen-bond donors (Lipinski definition) is 2. The molecule has 29 heavy (non-hydrogen) atoms. The van der Waals surface area contributed by atoms with E-state index < -0.39 is 11.5 Å². The summed E-state index contributed by atoms with van der Waals surface area (Å²) in [5.41, 5.74) is 0.562. The maximum absolute atomic E-state index is 13.2. The van der Waals surface area contributed by atoms with Crippen molar-refractivity contribution in [1.82, 2.24) is 10.2 Å². The summed E-state index contributed by atoms with van der Waals surface area (Å²) in [7, 11) is 0. The smallest absolute Gasteiger partial charge is 0.225 e. The van der Waals surface area contributed by atoms with E-state index in [1.807, 2.05) is 4.90 Å². The zero-order valence-corrected chi connectivity index (χ0v) is 16.9. The molecule has 0 spiro atoms. The third-order valence-corrected chi connectivity index (χ3v) is 6.97. The normalized spacial score (nSPS) is 29.7. The SMILES string of the molecule is O=C(NC[C@]1(Cc2ccc(F)cc2)CCC[C@@H]1O)[C@H]1CCCN(C(=O)C2CC2)C1. The van der Waals surface area contributed by atoms with E-state index >= 15 is 0 Å². The summed E-state index contributed by atoms with van der Waals surface area (Å²) in [4.78, 5) is 27.1. The number of hydrogen-bond acceptors (Lipinski definition) is 3. The van der Waals surface area contributed by atoms with E-state index in [-0.39, 0.29) is 29.5 Å². The number of carbonyl (C=O) groups excluding carboxylic acids is 2. The lowest BCUT2D eigenvalue weighted by Gasteiger charge is -2.35. The van der Waals surface area contributed by atoms with Gasteiger partial charge in [-0.05, 0) is 62.6 Å². The van der Waals surface area contributed by atoms with E-state index in [4.69, 9.17) is 0 Å². The van der Waals surface area contributed by atoms with Crippen LogP contribution in [0.1, 0.15) is 50.5 Å². The molecule has 2 amide bonds. The highest BCUT2D eigenvalue weighted by Gasteiger charge is 2.43. The summed E-state index contributed by atoms with van der Waals surface area (Å²) in [5.74, 6) is -0.0691. The lowest BCUT2D eigenvalue weighted by Crippen LogP contribution is -2.49. The van der Waals surface area contributed by atoms with Crippen molar-refractivity contribution in [3.8, 4) is 0 Å². The Balaban J connectivity index is 1.37. The van der Waals surface area contributed by atoms with Gasteiger partial charge in [0, 0.05) is 31.0 Å². The van der Waals surface area contributed by atoms with Crippen molar-refractivity contribution in [2.45, 2.75) is 57.5 Å². The molecule has 1 aromatic carbocycles. The number of amides is 2. The standard InChI is InChI=1S/C23H31FN2O3/c24-19-9-5-16(6-10-19)13-23(11-1-4-20(23)27)15-25-21(28)18-3-2-12-26(14-18)22(29)17-7-8-17/h5-6,9-10,17-18,20,27H,1-4,7-8,11-15H2,(H,25,28)/t18-,20-,23+/m0/s1. The molecular weight excluding hydrogens is 371 g/mol. The molecule has 0 unspecified atom stereocenters. The van der Waals surface area contributed by atoms with Gasteiger partial charge in [0.05, 0.1) is 12.0 Å². The number of carbonyl (C=O) groups is 2. The minimum absolute atomic E-state index is 0.0177. The molecule has 2 saturated carbocycles. The van der Waals surface area contributed by atoms with Gasteiger partial charge in [-0.3, -0.25) is 9.59 Å². The van der Waals surface area contributed by atoms with E-state index in [9.17, 15) is 19.1 Å². The molecule has 2 N–H and O–H groups in total. The second-order valence-corrected chi connectivity index (χ2v) is 9.19. The minimum atomic E-state index is -0.479. The molecule has 3 atom stereocenters. The molecular formula is C23H31FN2O3. The summed E-state index contributed by atoms with van der Waals surface area (Å²) in [6.07, 6.45) is 6.25. The molecule has 158 valence electrons. The first-order valence-corrected chi connectivity index (χ1v) is 11.0. The van der Waals surface area contributed by atoms with Crippen LogP contribution in [-0.4, -0.2) is 47.6 Å². The zero-order chi connectivity index (χ0) is 20.4. The van der Waals surface area contributed by atoms with Gasteiger partial charge in [0.25, 0.3) is 0 Å². The van der Waals surface area contributed by atoms with Gasteiger partial charge in [-0.15, -0.1) is 0 Å². The fraction of sp³-hybridized carbons (Fsp3) is 0.652. The predicted molar refractivity (Wildman–Crippen MR) is 107 cm³/mol. The van der Waals surface area contributed by atoms with Crippen LogP contribution in [0.5, 0.6) is 0 Å². The molecule has 4 rings (SSSR count). The Hall–Kier alpha value is -1.95. The Bertz CT molecular complexity index is 749. The van der Waals surface area contributed by atoms with Crippen LogP contribution < -0.4 is 5.32 Å². The van der Waals surface area contributed by atoms with Crippen LogP contribution in [0.4, 0.5) is 4.39 Å². The number of aliphatic hydroxyl groups excluding tert-OH is 1. The molecule has 2 aliphatic carbocycles. The number of nitrogens with one attached hydrogen (secondary N) is 1. The predicted octanol–water partition coefficient (Wildman–Crippen LogP) is 2.66. The van der Waals surface area contributed by atoms with Crippen molar-refractivity contribution in [3.63, 3.8) is 0 Å². The third kappa shape index (κ3) is 4.63. The number of nitrogens with zero attached hydrogens (tertiary/aromatic N) is 1. The summed E-state index contributed by atoms with van der Waals surface area (Å²) in [6, 6.07) is 6.39. The first kappa shape index (κ1) is 20.3. The monoisotopic (exact) mass is 402 g/mol. The van der Waals surface area contributed by atoms with Crippen LogP contribution in [0.15, 0.2) is 24.3 Å². The average Bonchev–Trinajstić information content (AvgIpc) is 3.52. The summed E-state index contributed by atoms with van der Waals surface area (Å²) in [6.45, 7) is 1.68. The Morgan fingerprint density at radius 3 is 2.52 bits per heavy atom. The van der Waals surface area contributed by atoms with Crippen LogP contribution in [0, 0.1) is 23.1 Å². The Morgan fingerprint density at radius 2 is 1.86 bits per heavy atom. The largest absolute Gasteiger partial charge is 0.392 e. The van der Waals surface area contributed by atoms with Crippen molar-refractivity contribution < 1.29 is 19.1 Å². The molecule has 6 heteroatoms. The Labute approximate surface area is 171 Å². The number of halogens is 1. The average molecular weight is 403 g/mol. The van der Waals surface area contributed by atoms with E-state index in [0.29, 0.717) is 19.5 Å². The highest BCUT2D eigenvalue weighted by molar-refractivity contribution is 5.83. The lowest BCUT2D eigenvalue weighted by molar-refractivity contribution is -0.137. The maximum Gasteiger partial charge on any atom is 0.225 e. The van der Waals surface area contributed by atoms with Gasteiger partial charge < -0.3 is 15.3 Å². The molecule has 0 aromatic heterocycles. The molecule has 5 nitrogen and oxygen atoms in total. The van der Waals surface area contributed by atoms with Crippen LogP contribution >= 0.6 is 0 Å². The molecule has 1 heterocycles. The van der Waals surface area contributed by atoms with Crippen molar-refractivity contribution in [2.24, 2.45) is 17.3 Å². The minimum Gasteiger partial charge on any atom is -0.392 e. The maximum atomic E-state index is 13.2. The number of piperidine rings is 1. The third-order valence-electron chi connectivity index (χ3n) is 6.97. The first-order chi connectivity index (χ1) is 14.0. The molecule has 1 aliphatic heterocycles. The summed E-state index contributed by atoms with van der Waals surface area (Å²) in [5, 5.41) is 13.8. The molecule has 1 saturated heterocycles. The van der Waals surface area contributed by atoms with Gasteiger partial charge in [-0.1, -0.05) is 18.6 Å². The number of benzene rings is 1. The Kier molecular flexibility index (Phi) is 5.91. The molecule has 3 aliphatic rings. The molecule has 0 bridgehead atoms. The van der Waals surface area contributed by atoms with Gasteiger partial charge in [0.1, 0.15) is 5.82 Å². The number of rotatable bonds is 6. The van der Waals surface area contributed by atoms with E-state index in [2.05, 4.69) is 5.32 Å². The van der Waals surface area contributed by atoms with Crippen molar-refractivity contribution in [2.75, 3.05) is 19.6 Å². The summed E-state index contributed by atoms with van der Waals surface area (Å²) >= 11 is 0. The van der Waals surface area contributed by atoms with Gasteiger partial charge in [0.15, 0.2) is 0 Å². The van der Waals surface area contributed by atoms with Crippen molar-refractivity contribution in [3.05, 3.63) is 35.6 Å². The summed E-state index contributed by atoms with van der Waals surface area (Å²) < 4.78 is 13.2. The van der Waals surface area contributed by atoms with Crippen LogP contribution in [0.2, 0.25) is 0 Å². The van der Waals surface area contributed by atoms with Gasteiger partial charge in [-0.25, -0.2) is 4.39 Å². The van der Waals surface area contributed by atoms with E-state index in [1.54, 1.807) is 12.1 Å². The first-order valence-electron chi connectivity index (χ1n) is 11.0. The molecule has 1 aromatic rings. The Morgan fingerprint density at radius 1 is 1.10 bits per heavy atom. The van der Waals surface area contributed by atoms with Crippen LogP contribution in [0.25, 0.3) is 0 Å². The van der Waals surface area contributed by atoms with Gasteiger partial charge in [0.2, 0.25) is 11.8 Å². The molecule has 0 radical (unpaired) electrons. The lowest BCUT2D eigenvalue weighted by atomic mass is 9.78. The highest BCUT2D eigenvalue weighted by Crippen LogP contribution is 2.41. The van der Waals surface area contributed by atoms with Crippen LogP contribution in [0.3, 0.4) is 0 Å². The molecule has 3 fully saturated rings. The number of likely N-dealkylation sites (tertiary alicyclic amines) is 1. The highest BCUT2D eigenvalue weighted by atomic mass is 19.1. The quantitative estimate of drug-likeness (QED) is 0.769. The van der Waals surface area contributed by atoms with Crippen molar-refractivity contribution in [1.29, 1.82) is 0 Å². The van der Waals surface area contributed by atoms with Gasteiger partial charge >= 0.3 is 0 Å². The second kappa shape index (κ2) is 8.42. The van der Waals surface area contributed by atoms with Crippen LogP contribution in [-0.2, 0) is 16.0 Å². The fourth-order valence-electron chi connectivity index (χ4n) is 4.99. The van der Waals surface area contributed by atoms with E-state index in [0.717, 1.165) is 57.1 Å². The topological polar surface area (TPSA) is 69.6 Å². The fourth-order valence-corrected chi connectivity index (χ4v) is 4.99. The zero-order valence-electron chi connectivity index (χ0n) is 16.9. The van der Waals surface area contributed by atoms with Gasteiger partial charge in [-0.2, -0.15) is 0 Å². The second-order valence-electron chi connectivity index (χ2n) is 9.19.